The number of fused-ring (bicyclic) bond motifs is 1. The van der Waals surface area contributed by atoms with Crippen molar-refractivity contribution in [2.75, 3.05) is 18.8 Å². The maximum absolute atomic E-state index is 14.4. The minimum Gasteiger partial charge on any atom is -0.489 e. The second kappa shape index (κ2) is 12.6. The molecule has 13 heteroatoms. The van der Waals surface area contributed by atoms with Gasteiger partial charge in [-0.05, 0) is 64.8 Å². The van der Waals surface area contributed by atoms with Gasteiger partial charge in [-0.25, -0.2) is 33.8 Å². The molecule has 0 unspecified atom stereocenters. The number of aromatic nitrogens is 6. The first kappa shape index (κ1) is 30.7. The molecule has 12 nitrogen and oxygen atoms in total. The summed E-state index contributed by atoms with van der Waals surface area (Å²) in [5.74, 6) is 1.59. The van der Waals surface area contributed by atoms with Crippen molar-refractivity contribution in [3.63, 3.8) is 0 Å². The molecule has 2 N–H and O–H groups in total. The zero-order valence-corrected chi connectivity index (χ0v) is 26.1. The Morgan fingerprint density at radius 2 is 1.67 bits per heavy atom. The third-order valence-corrected chi connectivity index (χ3v) is 7.43. The van der Waals surface area contributed by atoms with E-state index < -0.39 is 11.4 Å². The number of ether oxygens (including phenoxy) is 3. The van der Waals surface area contributed by atoms with Gasteiger partial charge in [0.05, 0.1) is 11.4 Å². The first-order valence-corrected chi connectivity index (χ1v) is 15.0. The molecule has 2 aromatic carbocycles. The van der Waals surface area contributed by atoms with Crippen LogP contribution in [0, 0.1) is 12.7 Å². The van der Waals surface area contributed by atoms with Gasteiger partial charge >= 0.3 is 6.09 Å². The van der Waals surface area contributed by atoms with Crippen molar-refractivity contribution in [3.8, 4) is 28.5 Å². The molecular weight excluding hydrogens is 591 g/mol. The van der Waals surface area contributed by atoms with E-state index in [0.717, 1.165) is 11.1 Å². The van der Waals surface area contributed by atoms with Gasteiger partial charge in [0.25, 0.3) is 0 Å². The third kappa shape index (κ3) is 6.98. The number of nitrogens with zero attached hydrogens (tertiary/aromatic N) is 7. The van der Waals surface area contributed by atoms with Crippen LogP contribution in [0.5, 0.6) is 17.2 Å². The van der Waals surface area contributed by atoms with E-state index in [-0.39, 0.29) is 24.5 Å². The van der Waals surface area contributed by atoms with Crippen molar-refractivity contribution in [1.82, 2.24) is 34.6 Å². The van der Waals surface area contributed by atoms with Crippen LogP contribution in [0.3, 0.4) is 0 Å². The van der Waals surface area contributed by atoms with Crippen LogP contribution in [0.25, 0.3) is 22.3 Å². The molecule has 46 heavy (non-hydrogen) atoms. The maximum Gasteiger partial charge on any atom is 0.410 e. The van der Waals surface area contributed by atoms with Crippen LogP contribution in [0.15, 0.2) is 61.2 Å². The number of anilines is 1. The van der Waals surface area contributed by atoms with Gasteiger partial charge in [0, 0.05) is 54.8 Å². The summed E-state index contributed by atoms with van der Waals surface area (Å²) in [6.45, 7) is 8.63. The number of hydrogen-bond acceptors (Lipinski definition) is 10. The van der Waals surface area contributed by atoms with E-state index in [1.54, 1.807) is 42.4 Å². The zero-order valence-electron chi connectivity index (χ0n) is 26.1. The largest absolute Gasteiger partial charge is 0.489 e. The molecule has 0 atom stereocenters. The van der Waals surface area contributed by atoms with Crippen molar-refractivity contribution in [2.45, 2.75) is 58.8 Å². The Morgan fingerprint density at radius 3 is 2.37 bits per heavy atom. The van der Waals surface area contributed by atoms with E-state index in [1.807, 2.05) is 37.6 Å². The number of piperidine rings is 1. The number of carbonyl (C=O) groups excluding carboxylic acids is 1. The van der Waals surface area contributed by atoms with E-state index in [0.29, 0.717) is 65.8 Å². The van der Waals surface area contributed by atoms with Gasteiger partial charge in [0.15, 0.2) is 5.65 Å². The number of carbonyl (C=O) groups is 1. The number of benzene rings is 2. The van der Waals surface area contributed by atoms with E-state index in [1.165, 1.54) is 18.5 Å². The lowest BCUT2D eigenvalue weighted by atomic mass is 10.1. The molecule has 6 rings (SSSR count). The summed E-state index contributed by atoms with van der Waals surface area (Å²) in [6.07, 6.45) is 5.82. The average Bonchev–Trinajstić information content (AvgIpc) is 3.41. The lowest BCUT2D eigenvalue weighted by molar-refractivity contribution is 0.0186. The van der Waals surface area contributed by atoms with E-state index in [2.05, 4.69) is 19.9 Å². The highest BCUT2D eigenvalue weighted by molar-refractivity contribution is 5.98. The summed E-state index contributed by atoms with van der Waals surface area (Å²) in [7, 11) is 0. The van der Waals surface area contributed by atoms with Gasteiger partial charge < -0.3 is 24.8 Å². The fourth-order valence-corrected chi connectivity index (χ4v) is 5.23. The Labute approximate surface area is 265 Å². The highest BCUT2D eigenvalue weighted by Crippen LogP contribution is 2.36. The fourth-order valence-electron chi connectivity index (χ4n) is 5.23. The Kier molecular flexibility index (Phi) is 8.39. The Bertz CT molecular complexity index is 1850. The Morgan fingerprint density at radius 1 is 0.978 bits per heavy atom. The van der Waals surface area contributed by atoms with Crippen molar-refractivity contribution in [3.05, 3.63) is 78.4 Å². The maximum atomic E-state index is 14.4. The van der Waals surface area contributed by atoms with Crippen molar-refractivity contribution >= 4 is 22.9 Å². The number of aryl methyl sites for hydroxylation is 1. The number of nitrogen functional groups attached to an aromatic ring is 1. The Hall–Kier alpha value is -5.33. The van der Waals surface area contributed by atoms with Crippen molar-refractivity contribution in [1.29, 1.82) is 0 Å². The van der Waals surface area contributed by atoms with Gasteiger partial charge in [0.2, 0.25) is 0 Å². The molecule has 5 aromatic rings. The van der Waals surface area contributed by atoms with Gasteiger partial charge in [-0.2, -0.15) is 5.10 Å². The van der Waals surface area contributed by atoms with E-state index in [4.69, 9.17) is 25.0 Å². The van der Waals surface area contributed by atoms with Gasteiger partial charge in [-0.15, -0.1) is 0 Å². The first-order valence-electron chi connectivity index (χ1n) is 15.0. The molecule has 0 spiro atoms. The first-order chi connectivity index (χ1) is 22.0. The second-order valence-electron chi connectivity index (χ2n) is 12.1. The fraction of sp³-hybridized carbons (Fsp3) is 0.333. The number of amides is 1. The quantitative estimate of drug-likeness (QED) is 0.220. The summed E-state index contributed by atoms with van der Waals surface area (Å²) in [4.78, 5) is 31.3. The Balaban J connectivity index is 1.18. The minimum atomic E-state index is -0.553. The molecule has 0 saturated carbocycles. The number of rotatable bonds is 7. The normalized spacial score (nSPS) is 14.0. The average molecular weight is 627 g/mol. The molecule has 0 bridgehead atoms. The standard InChI is InChI=1S/C33H35FN8O4/c1-20-36-16-21(17-37-20)18-44-26-13-23(34)14-27(15-26)45-25-7-5-22(6-8-25)29-28-30(35)38-19-39-31(28)42(40-29)24-9-11-41(12-10-24)32(43)46-33(2,3)4/h5-8,13-17,19,24H,9-12,18H2,1-4H3,(H2,35,38,39). The topological polar surface area (TPSA) is 143 Å². The predicted octanol–water partition coefficient (Wildman–Crippen LogP) is 6.26. The summed E-state index contributed by atoms with van der Waals surface area (Å²) < 4.78 is 33.6. The van der Waals surface area contributed by atoms with Crippen molar-refractivity contribution < 1.29 is 23.4 Å². The number of likely N-dealkylation sites (tertiary alicyclic amines) is 1. The minimum absolute atomic E-state index is 0.00904. The molecule has 1 saturated heterocycles. The van der Waals surface area contributed by atoms with Crippen molar-refractivity contribution in [2.24, 2.45) is 0 Å². The molecule has 3 aromatic heterocycles. The van der Waals surface area contributed by atoms with Crippen LogP contribution in [0.2, 0.25) is 0 Å². The monoisotopic (exact) mass is 626 g/mol. The molecular formula is C33H35FN8O4. The molecule has 1 amide bonds. The van der Waals surface area contributed by atoms with Crippen LogP contribution >= 0.6 is 0 Å². The predicted molar refractivity (Wildman–Crippen MR) is 169 cm³/mol. The molecule has 1 aliphatic heterocycles. The third-order valence-electron chi connectivity index (χ3n) is 7.43. The highest BCUT2D eigenvalue weighted by Gasteiger charge is 2.30. The van der Waals surface area contributed by atoms with Crippen LogP contribution in [-0.4, -0.2) is 59.4 Å². The van der Waals surface area contributed by atoms with Crippen LogP contribution in [0.4, 0.5) is 15.0 Å². The van der Waals surface area contributed by atoms with Crippen LogP contribution in [0.1, 0.15) is 51.0 Å². The lowest BCUT2D eigenvalue weighted by Crippen LogP contribution is -2.42. The molecule has 1 fully saturated rings. The van der Waals surface area contributed by atoms with Crippen LogP contribution in [-0.2, 0) is 11.3 Å². The second-order valence-corrected chi connectivity index (χ2v) is 12.1. The summed E-state index contributed by atoms with van der Waals surface area (Å²) in [5.41, 5.74) is 8.59. The number of nitrogens with two attached hydrogens (primary N) is 1. The van der Waals surface area contributed by atoms with Gasteiger partial charge in [0.1, 0.15) is 58.9 Å². The molecule has 0 radical (unpaired) electrons. The summed E-state index contributed by atoms with van der Waals surface area (Å²) in [6, 6.07) is 11.5. The number of halogens is 1. The molecule has 1 aliphatic rings. The molecule has 238 valence electrons. The molecule has 0 aliphatic carbocycles. The number of hydrogen-bond donors (Lipinski definition) is 1. The van der Waals surface area contributed by atoms with Gasteiger partial charge in [-0.3, -0.25) is 0 Å². The highest BCUT2D eigenvalue weighted by atomic mass is 19.1. The zero-order chi connectivity index (χ0) is 32.4. The van der Waals surface area contributed by atoms with Crippen LogP contribution < -0.4 is 15.2 Å². The summed E-state index contributed by atoms with van der Waals surface area (Å²) >= 11 is 0. The smallest absolute Gasteiger partial charge is 0.410 e. The summed E-state index contributed by atoms with van der Waals surface area (Å²) in [5, 5.41) is 5.59. The van der Waals surface area contributed by atoms with E-state index in [9.17, 15) is 9.18 Å². The van der Waals surface area contributed by atoms with E-state index >= 15 is 0 Å². The lowest BCUT2D eigenvalue weighted by Gasteiger charge is -2.33. The van der Waals surface area contributed by atoms with Gasteiger partial charge in [-0.1, -0.05) is 0 Å². The SMILES string of the molecule is Cc1ncc(COc2cc(F)cc(Oc3ccc(-c4nn(C5CCN(C(=O)OC(C)(C)C)CC5)c5ncnc(N)c45)cc3)c2)cn1. The molecule has 4 heterocycles.